The number of nitriles is 6. The van der Waals surface area contributed by atoms with Crippen molar-refractivity contribution in [2.45, 2.75) is 38.5 Å². The van der Waals surface area contributed by atoms with Crippen LogP contribution in [-0.4, -0.2) is 88.7 Å². The van der Waals surface area contributed by atoms with Gasteiger partial charge >= 0.3 is 35.8 Å². The van der Waals surface area contributed by atoms with Crippen LogP contribution in [0.25, 0.3) is 0 Å². The van der Waals surface area contributed by atoms with E-state index in [9.17, 15) is 28.8 Å². The van der Waals surface area contributed by atoms with Crippen LogP contribution < -0.4 is 0 Å². The lowest BCUT2D eigenvalue weighted by Gasteiger charge is -2.35. The molecule has 0 aliphatic heterocycles. The van der Waals surface area contributed by atoms with E-state index in [2.05, 4.69) is 0 Å². The second kappa shape index (κ2) is 23.1. The molecule has 0 aliphatic rings. The summed E-state index contributed by atoms with van der Waals surface area (Å²) < 4.78 is 36.3. The summed E-state index contributed by atoms with van der Waals surface area (Å²) in [7, 11) is 0. The Morgan fingerprint density at radius 3 is 0.660 bits per heavy atom. The SMILES string of the molecule is N#CCC(=O)OCC(COCC(COC(=O)CC#N)(COC(=O)CC#N)COC(=O)CC#N)(COC(=O)CC#N)COC(=O)CC#N. The molecule has 0 spiro atoms. The number of hydrogen-bond donors (Lipinski definition) is 0. The van der Waals surface area contributed by atoms with Crippen LogP contribution in [0.2, 0.25) is 0 Å². The number of rotatable bonds is 22. The highest BCUT2D eigenvalue weighted by Gasteiger charge is 2.41. The van der Waals surface area contributed by atoms with Crippen LogP contribution in [0.5, 0.6) is 0 Å². The van der Waals surface area contributed by atoms with Crippen LogP contribution in [0, 0.1) is 78.8 Å². The quantitative estimate of drug-likeness (QED) is 0.107. The molecule has 0 rings (SSSR count). The van der Waals surface area contributed by atoms with Gasteiger partial charge in [0, 0.05) is 0 Å². The largest absolute Gasteiger partial charge is 0.464 e. The Bertz CT molecular complexity index is 1130. The first-order chi connectivity index (χ1) is 22.4. The van der Waals surface area contributed by atoms with Gasteiger partial charge < -0.3 is 33.2 Å². The van der Waals surface area contributed by atoms with Gasteiger partial charge in [-0.05, 0) is 0 Å². The zero-order chi connectivity index (χ0) is 35.6. The molecule has 0 saturated heterocycles. The average molecular weight is 657 g/mol. The molecule has 0 bridgehead atoms. The Morgan fingerprint density at radius 2 is 0.511 bits per heavy atom. The maximum atomic E-state index is 12.0. The molecule has 0 atom stereocenters. The van der Waals surface area contributed by atoms with E-state index in [0.29, 0.717) is 0 Å². The molecule has 47 heavy (non-hydrogen) atoms. The Kier molecular flexibility index (Phi) is 20.1. The highest BCUT2D eigenvalue weighted by Crippen LogP contribution is 2.26. The van der Waals surface area contributed by atoms with Crippen molar-refractivity contribution in [3.63, 3.8) is 0 Å². The van der Waals surface area contributed by atoms with Crippen LogP contribution in [0.4, 0.5) is 0 Å². The normalized spacial score (nSPS) is 10.1. The second-order valence-corrected chi connectivity index (χ2v) is 9.47. The Hall–Kier alpha value is -6.28. The lowest BCUT2D eigenvalue weighted by molar-refractivity contribution is -0.174. The number of esters is 6. The first-order valence-corrected chi connectivity index (χ1v) is 13.2. The Morgan fingerprint density at radius 1 is 0.340 bits per heavy atom. The molecule has 19 nitrogen and oxygen atoms in total. The van der Waals surface area contributed by atoms with E-state index in [-0.39, 0.29) is 0 Å². The number of ether oxygens (including phenoxy) is 7. The molecule has 0 aliphatic carbocycles. The fraction of sp³-hybridized carbons (Fsp3) is 0.571. The standard InChI is InChI=1S/C28H28N6O13/c29-7-1-21(35)42-15-27(16-43-22(36)2-8-30,17-44-23(37)3-9-31)13-41-14-28(18-45-24(38)4-10-32,19-46-25(39)5-11-33)20-47-26(40)6-12-34/h1-6,13-20H2. The van der Waals surface area contributed by atoms with Crippen LogP contribution in [0.15, 0.2) is 0 Å². The van der Waals surface area contributed by atoms with Crippen LogP contribution in [0.1, 0.15) is 38.5 Å². The van der Waals surface area contributed by atoms with Crippen molar-refractivity contribution in [1.82, 2.24) is 0 Å². The summed E-state index contributed by atoms with van der Waals surface area (Å²) in [6, 6.07) is 9.38. The van der Waals surface area contributed by atoms with Gasteiger partial charge in [0.25, 0.3) is 0 Å². The van der Waals surface area contributed by atoms with Crippen molar-refractivity contribution in [2.24, 2.45) is 10.8 Å². The second-order valence-electron chi connectivity index (χ2n) is 9.47. The van der Waals surface area contributed by atoms with Gasteiger partial charge in [-0.2, -0.15) is 31.6 Å². The van der Waals surface area contributed by atoms with E-state index < -0.39 is 138 Å². The monoisotopic (exact) mass is 656 g/mol. The third-order valence-electron chi connectivity index (χ3n) is 5.39. The Balaban J connectivity index is 6.56. The number of carbonyl (C=O) groups excluding carboxylic acids is 6. The van der Waals surface area contributed by atoms with Gasteiger partial charge in [0.1, 0.15) is 78.2 Å². The summed E-state index contributed by atoms with van der Waals surface area (Å²) in [6.07, 6.45) is -4.17. The fourth-order valence-electron chi connectivity index (χ4n) is 3.08. The summed E-state index contributed by atoms with van der Waals surface area (Å²) >= 11 is 0. The van der Waals surface area contributed by atoms with Crippen molar-refractivity contribution in [3.8, 4) is 36.4 Å². The van der Waals surface area contributed by atoms with E-state index in [1.165, 1.54) is 0 Å². The lowest BCUT2D eigenvalue weighted by atomic mass is 9.90. The molecule has 0 aromatic carbocycles. The van der Waals surface area contributed by atoms with Gasteiger partial charge in [-0.3, -0.25) is 28.8 Å². The van der Waals surface area contributed by atoms with Gasteiger partial charge in [-0.1, -0.05) is 0 Å². The minimum absolute atomic E-state index is 0.654. The average Bonchev–Trinajstić information content (AvgIpc) is 3.03. The third kappa shape index (κ3) is 18.2. The first kappa shape index (κ1) is 40.7. The minimum Gasteiger partial charge on any atom is -0.464 e. The predicted octanol–water partition coefficient (Wildman–Crippen LogP) is -0.283. The molecule has 0 N–H and O–H groups in total. The Labute approximate surface area is 268 Å². The van der Waals surface area contributed by atoms with Gasteiger partial charge in [-0.25, -0.2) is 0 Å². The van der Waals surface area contributed by atoms with E-state index >= 15 is 0 Å². The zero-order valence-electron chi connectivity index (χ0n) is 24.9. The van der Waals surface area contributed by atoms with Crippen LogP contribution >= 0.6 is 0 Å². The molecule has 19 heteroatoms. The first-order valence-electron chi connectivity index (χ1n) is 13.2. The van der Waals surface area contributed by atoms with Gasteiger partial charge in [0.2, 0.25) is 0 Å². The maximum Gasteiger partial charge on any atom is 0.320 e. The van der Waals surface area contributed by atoms with Crippen molar-refractivity contribution >= 4 is 35.8 Å². The van der Waals surface area contributed by atoms with E-state index in [1.807, 2.05) is 0 Å². The molecule has 0 amide bonds. The van der Waals surface area contributed by atoms with E-state index in [1.54, 1.807) is 36.4 Å². The molecular weight excluding hydrogens is 628 g/mol. The van der Waals surface area contributed by atoms with Crippen LogP contribution in [0.3, 0.4) is 0 Å². The molecule has 0 saturated carbocycles. The molecule has 0 aromatic heterocycles. The highest BCUT2D eigenvalue weighted by molar-refractivity contribution is 5.74. The van der Waals surface area contributed by atoms with Crippen molar-refractivity contribution in [1.29, 1.82) is 31.6 Å². The molecule has 0 radical (unpaired) electrons. The molecular formula is C28H28N6O13. The van der Waals surface area contributed by atoms with E-state index in [0.717, 1.165) is 0 Å². The predicted molar refractivity (Wildman–Crippen MR) is 143 cm³/mol. The smallest absolute Gasteiger partial charge is 0.320 e. The number of nitrogens with zero attached hydrogens (tertiary/aromatic N) is 6. The fourth-order valence-corrected chi connectivity index (χ4v) is 3.08. The molecule has 0 unspecified atom stereocenters. The van der Waals surface area contributed by atoms with Crippen molar-refractivity contribution in [3.05, 3.63) is 0 Å². The van der Waals surface area contributed by atoms with Crippen LogP contribution in [-0.2, 0) is 61.9 Å². The van der Waals surface area contributed by atoms with Gasteiger partial charge in [0.15, 0.2) is 0 Å². The summed E-state index contributed by atoms with van der Waals surface area (Å²) in [5, 5.41) is 52.8. The highest BCUT2D eigenvalue weighted by atomic mass is 16.6. The topological polar surface area (TPSA) is 310 Å². The van der Waals surface area contributed by atoms with Gasteiger partial charge in [0.05, 0.1) is 60.5 Å². The third-order valence-corrected chi connectivity index (χ3v) is 5.39. The lowest BCUT2D eigenvalue weighted by Crippen LogP contribution is -2.47. The number of hydrogen-bond acceptors (Lipinski definition) is 19. The molecule has 0 heterocycles. The number of carbonyl (C=O) groups is 6. The molecule has 0 aromatic rings. The van der Waals surface area contributed by atoms with Crippen molar-refractivity contribution < 1.29 is 61.9 Å². The van der Waals surface area contributed by atoms with E-state index in [4.69, 9.17) is 64.7 Å². The summed E-state index contributed by atoms with van der Waals surface area (Å²) in [5.74, 6) is -6.19. The zero-order valence-corrected chi connectivity index (χ0v) is 24.9. The van der Waals surface area contributed by atoms with Crippen molar-refractivity contribution in [2.75, 3.05) is 52.9 Å². The summed E-state index contributed by atoms with van der Waals surface area (Å²) in [6.45, 7) is -5.61. The minimum atomic E-state index is -1.76. The molecule has 248 valence electrons. The summed E-state index contributed by atoms with van der Waals surface area (Å²) in [5.41, 5.74) is -3.53. The molecule has 0 fully saturated rings. The summed E-state index contributed by atoms with van der Waals surface area (Å²) in [4.78, 5) is 72.1. The van der Waals surface area contributed by atoms with Gasteiger partial charge in [-0.15, -0.1) is 0 Å². The maximum absolute atomic E-state index is 12.0.